The van der Waals surface area contributed by atoms with Gasteiger partial charge in [0.25, 0.3) is 0 Å². The average molecular weight is 801 g/mol. The van der Waals surface area contributed by atoms with E-state index in [1.54, 1.807) is 6.20 Å². The molecule has 0 saturated carbocycles. The third-order valence-electron chi connectivity index (χ3n) is 9.25. The van der Waals surface area contributed by atoms with Gasteiger partial charge in [-0.05, 0) is 72.0 Å². The molecule has 0 aliphatic heterocycles. The minimum Gasteiger partial charge on any atom is -0.305 e. The molecule has 8 aromatic carbocycles. The summed E-state index contributed by atoms with van der Waals surface area (Å²) in [6.45, 7) is 0. The van der Waals surface area contributed by atoms with E-state index in [-0.39, 0.29) is 20.1 Å². The third-order valence-corrected chi connectivity index (χ3v) is 9.25. The second-order valence-electron chi connectivity index (χ2n) is 12.0. The predicted octanol–water partition coefficient (Wildman–Crippen LogP) is 12.0. The van der Waals surface area contributed by atoms with Crippen molar-refractivity contribution in [3.05, 3.63) is 182 Å². The first-order valence-corrected chi connectivity index (χ1v) is 16.2. The quantitative estimate of drug-likeness (QED) is 0.129. The van der Waals surface area contributed by atoms with Crippen LogP contribution in [0.5, 0.6) is 0 Å². The van der Waals surface area contributed by atoms with Gasteiger partial charge in [-0.3, -0.25) is 0 Å². The molecule has 2 heterocycles. The number of fused-ring (bicyclic) bond motifs is 11. The Bertz CT molecular complexity index is 2700. The van der Waals surface area contributed by atoms with Gasteiger partial charge in [-0.1, -0.05) is 125 Å². The summed E-state index contributed by atoms with van der Waals surface area (Å²) in [5, 5.41) is 15.0. The predicted molar refractivity (Wildman–Crippen MR) is 202 cm³/mol. The molecule has 0 unspecified atom stereocenters. The van der Waals surface area contributed by atoms with Crippen LogP contribution in [-0.4, -0.2) is 9.97 Å². The molecule has 0 aliphatic rings. The molecule has 0 saturated heterocycles. The maximum atomic E-state index is 4.86. The van der Waals surface area contributed by atoms with E-state index in [1.807, 2.05) is 48.7 Å². The van der Waals surface area contributed by atoms with Crippen molar-refractivity contribution >= 4 is 64.6 Å². The van der Waals surface area contributed by atoms with Crippen LogP contribution in [0.2, 0.25) is 0 Å². The van der Waals surface area contributed by atoms with Crippen LogP contribution in [0.1, 0.15) is 0 Å². The Morgan fingerprint density at radius 2 is 0.959 bits per heavy atom. The fourth-order valence-electron chi connectivity index (χ4n) is 7.02. The Morgan fingerprint density at radius 3 is 1.69 bits per heavy atom. The third kappa shape index (κ3) is 5.44. The summed E-state index contributed by atoms with van der Waals surface area (Å²) in [7, 11) is 0. The second kappa shape index (κ2) is 13.1. The summed E-state index contributed by atoms with van der Waals surface area (Å²) in [6, 6.07) is 61.9. The molecule has 233 valence electrons. The molecule has 2 nitrogen and oxygen atoms in total. The largest absolute Gasteiger partial charge is 0.305 e. The average Bonchev–Trinajstić information content (AvgIpc) is 3.18. The van der Waals surface area contributed by atoms with Crippen molar-refractivity contribution in [1.29, 1.82) is 0 Å². The van der Waals surface area contributed by atoms with Gasteiger partial charge in [0.05, 0.1) is 0 Å². The Balaban J connectivity index is 0.000000228. The first kappa shape index (κ1) is 30.6. The summed E-state index contributed by atoms with van der Waals surface area (Å²) >= 11 is 0. The zero-order chi connectivity index (χ0) is 31.9. The van der Waals surface area contributed by atoms with Crippen LogP contribution in [-0.2, 0) is 20.1 Å². The molecule has 0 N–H and O–H groups in total. The van der Waals surface area contributed by atoms with Gasteiger partial charge in [0.1, 0.15) is 0 Å². The summed E-state index contributed by atoms with van der Waals surface area (Å²) in [6.07, 6.45) is 3.72. The number of hydrogen-bond donors (Lipinski definition) is 0. The number of nitrogens with zero attached hydrogens (tertiary/aromatic N) is 2. The Labute approximate surface area is 298 Å². The van der Waals surface area contributed by atoms with Crippen molar-refractivity contribution in [2.75, 3.05) is 0 Å². The Hall–Kier alpha value is -5.73. The minimum absolute atomic E-state index is 0. The van der Waals surface area contributed by atoms with E-state index in [2.05, 4.69) is 132 Å². The van der Waals surface area contributed by atoms with Crippen LogP contribution in [0.3, 0.4) is 0 Å². The number of rotatable bonds is 2. The zero-order valence-corrected chi connectivity index (χ0v) is 28.8. The van der Waals surface area contributed by atoms with E-state index < -0.39 is 0 Å². The van der Waals surface area contributed by atoms with Gasteiger partial charge in [-0.25, -0.2) is 0 Å². The van der Waals surface area contributed by atoms with Gasteiger partial charge in [0, 0.05) is 32.5 Å². The number of benzene rings is 8. The van der Waals surface area contributed by atoms with Crippen LogP contribution in [0.15, 0.2) is 170 Å². The first-order valence-electron chi connectivity index (χ1n) is 16.2. The maximum absolute atomic E-state index is 4.86. The molecule has 0 fully saturated rings. The number of hydrogen-bond acceptors (Lipinski definition) is 2. The molecule has 2 aromatic heterocycles. The molecule has 10 aromatic rings. The summed E-state index contributed by atoms with van der Waals surface area (Å²) < 4.78 is 0. The maximum Gasteiger partial charge on any atom is 0.0167 e. The number of pyridine rings is 2. The molecule has 0 spiro atoms. The van der Waals surface area contributed by atoms with E-state index in [4.69, 9.17) is 4.98 Å². The van der Waals surface area contributed by atoms with E-state index in [0.717, 1.165) is 27.9 Å². The van der Waals surface area contributed by atoms with Gasteiger partial charge >= 0.3 is 0 Å². The fraction of sp³-hybridized carbons (Fsp3) is 0. The Kier molecular flexibility index (Phi) is 8.15. The molecule has 10 rings (SSSR count). The van der Waals surface area contributed by atoms with E-state index >= 15 is 0 Å². The second-order valence-corrected chi connectivity index (χ2v) is 12.0. The van der Waals surface area contributed by atoms with Crippen molar-refractivity contribution < 1.29 is 20.1 Å². The number of aromatic nitrogens is 2. The van der Waals surface area contributed by atoms with Crippen LogP contribution in [0.25, 0.3) is 87.1 Å². The van der Waals surface area contributed by atoms with Gasteiger partial charge in [-0.15, -0.1) is 59.7 Å². The minimum atomic E-state index is 0. The first-order chi connectivity index (χ1) is 23.8. The molecule has 0 amide bonds. The molecule has 49 heavy (non-hydrogen) atoms. The Morgan fingerprint density at radius 1 is 0.367 bits per heavy atom. The van der Waals surface area contributed by atoms with Crippen molar-refractivity contribution in [2.24, 2.45) is 0 Å². The van der Waals surface area contributed by atoms with Crippen LogP contribution in [0.4, 0.5) is 0 Å². The standard InChI is InChI=1S/C35H20N.C11H8N.Ir/c1-2-8-24-22(7-1)13-15-30-29(24)17-18-33-32(30)19-20-36-35(33)23-14-16-31-27-11-4-3-9-25(27)26-10-5-6-12-28(26)34(31)21-23;1-2-6-10(7-3-1)11-8-4-5-9-12-11;/h1-13,15-21H;1-6,8-9H;/q2*-1;. The van der Waals surface area contributed by atoms with Gasteiger partial charge < -0.3 is 9.97 Å². The molecule has 3 heteroatoms. The fourth-order valence-corrected chi connectivity index (χ4v) is 7.02. The van der Waals surface area contributed by atoms with E-state index in [0.29, 0.717) is 0 Å². The summed E-state index contributed by atoms with van der Waals surface area (Å²) in [5.74, 6) is 0. The molecule has 0 atom stereocenters. The summed E-state index contributed by atoms with van der Waals surface area (Å²) in [4.78, 5) is 9.08. The zero-order valence-electron chi connectivity index (χ0n) is 26.4. The van der Waals surface area contributed by atoms with Crippen molar-refractivity contribution in [3.8, 4) is 22.5 Å². The topological polar surface area (TPSA) is 25.8 Å². The van der Waals surface area contributed by atoms with Gasteiger partial charge in [0.2, 0.25) is 0 Å². The molecular formula is C46H28IrN2-2. The van der Waals surface area contributed by atoms with Crippen LogP contribution >= 0.6 is 0 Å². The van der Waals surface area contributed by atoms with E-state index in [1.165, 1.54) is 59.2 Å². The molecule has 1 radical (unpaired) electrons. The normalized spacial score (nSPS) is 11.1. The van der Waals surface area contributed by atoms with Crippen molar-refractivity contribution in [3.63, 3.8) is 0 Å². The van der Waals surface area contributed by atoms with Crippen LogP contribution in [0, 0.1) is 12.1 Å². The summed E-state index contributed by atoms with van der Waals surface area (Å²) in [5.41, 5.74) is 4.01. The van der Waals surface area contributed by atoms with Crippen molar-refractivity contribution in [1.82, 2.24) is 9.97 Å². The molecule has 0 aliphatic carbocycles. The van der Waals surface area contributed by atoms with Crippen molar-refractivity contribution in [2.45, 2.75) is 0 Å². The smallest absolute Gasteiger partial charge is 0.0167 e. The SMILES string of the molecule is [Ir].[c-]1cc2c3ccccc3c3ccccc3c2cc1-c1nccc2c1ccc1c3ccccc3ccc21.[c-]1ccccc1-c1ccccn1. The van der Waals surface area contributed by atoms with Gasteiger partial charge in [0.15, 0.2) is 0 Å². The molecule has 0 bridgehead atoms. The monoisotopic (exact) mass is 801 g/mol. The van der Waals surface area contributed by atoms with Gasteiger partial charge in [-0.2, -0.15) is 0 Å². The van der Waals surface area contributed by atoms with E-state index in [9.17, 15) is 0 Å². The van der Waals surface area contributed by atoms with Crippen LogP contribution < -0.4 is 0 Å². The molecular weight excluding hydrogens is 773 g/mol.